The lowest BCUT2D eigenvalue weighted by molar-refractivity contribution is 0.276. The van der Waals surface area contributed by atoms with Gasteiger partial charge in [0.25, 0.3) is 0 Å². The third-order valence-electron chi connectivity index (χ3n) is 2.06. The molecule has 0 saturated heterocycles. The summed E-state index contributed by atoms with van der Waals surface area (Å²) >= 11 is 0. The first-order valence-electron chi connectivity index (χ1n) is 4.53. The van der Waals surface area contributed by atoms with Crippen molar-refractivity contribution in [2.75, 3.05) is 19.6 Å². The van der Waals surface area contributed by atoms with Gasteiger partial charge in [-0.1, -0.05) is 6.92 Å². The van der Waals surface area contributed by atoms with Crippen molar-refractivity contribution < 1.29 is 0 Å². The number of aromatic nitrogens is 3. The fourth-order valence-corrected chi connectivity index (χ4v) is 1.19. The van der Waals surface area contributed by atoms with E-state index in [1.807, 2.05) is 7.05 Å². The summed E-state index contributed by atoms with van der Waals surface area (Å²) in [5.41, 5.74) is 5.49. The Kier molecular flexibility index (Phi) is 3.85. The van der Waals surface area contributed by atoms with Crippen molar-refractivity contribution >= 4 is 0 Å². The van der Waals surface area contributed by atoms with Crippen LogP contribution in [0, 0.1) is 0 Å². The monoisotopic (exact) mass is 183 g/mol. The zero-order valence-electron chi connectivity index (χ0n) is 8.27. The minimum absolute atomic E-state index is 0.686. The van der Waals surface area contributed by atoms with Crippen LogP contribution in [0.1, 0.15) is 12.7 Å². The van der Waals surface area contributed by atoms with Gasteiger partial charge in [-0.2, -0.15) is 5.10 Å². The van der Waals surface area contributed by atoms with Crippen LogP contribution in [0.15, 0.2) is 6.33 Å². The smallest absolute Gasteiger partial charge is 0.140 e. The van der Waals surface area contributed by atoms with Crippen molar-refractivity contribution in [2.24, 2.45) is 12.8 Å². The van der Waals surface area contributed by atoms with Crippen molar-refractivity contribution in [3.63, 3.8) is 0 Å². The van der Waals surface area contributed by atoms with E-state index in [2.05, 4.69) is 21.9 Å². The second kappa shape index (κ2) is 4.94. The van der Waals surface area contributed by atoms with Gasteiger partial charge in [0.15, 0.2) is 0 Å². The second-order valence-corrected chi connectivity index (χ2v) is 2.96. The average Bonchev–Trinajstić information content (AvgIpc) is 2.51. The molecule has 0 bridgehead atoms. The van der Waals surface area contributed by atoms with Crippen molar-refractivity contribution in [3.8, 4) is 0 Å². The molecule has 0 spiro atoms. The Morgan fingerprint density at radius 2 is 2.38 bits per heavy atom. The van der Waals surface area contributed by atoms with Gasteiger partial charge in [0.2, 0.25) is 0 Å². The van der Waals surface area contributed by atoms with Gasteiger partial charge in [-0.05, 0) is 6.54 Å². The number of hydrogen-bond acceptors (Lipinski definition) is 4. The molecule has 0 radical (unpaired) electrons. The van der Waals surface area contributed by atoms with Crippen LogP contribution in [-0.4, -0.2) is 39.3 Å². The number of hydrogen-bond donors (Lipinski definition) is 1. The van der Waals surface area contributed by atoms with Gasteiger partial charge >= 0.3 is 0 Å². The first kappa shape index (κ1) is 10.1. The second-order valence-electron chi connectivity index (χ2n) is 2.96. The molecule has 5 nitrogen and oxygen atoms in total. The molecule has 0 fully saturated rings. The molecule has 0 amide bonds. The largest absolute Gasteiger partial charge is 0.329 e. The summed E-state index contributed by atoms with van der Waals surface area (Å²) < 4.78 is 1.79. The minimum atomic E-state index is 0.686. The van der Waals surface area contributed by atoms with Crippen LogP contribution in [0.2, 0.25) is 0 Å². The Labute approximate surface area is 78.5 Å². The van der Waals surface area contributed by atoms with Gasteiger partial charge in [-0.25, -0.2) is 4.98 Å². The first-order valence-corrected chi connectivity index (χ1v) is 4.53. The topological polar surface area (TPSA) is 60.0 Å². The highest BCUT2D eigenvalue weighted by molar-refractivity contribution is 4.83. The fourth-order valence-electron chi connectivity index (χ4n) is 1.19. The molecule has 0 unspecified atom stereocenters. The van der Waals surface area contributed by atoms with Crippen LogP contribution in [0.4, 0.5) is 0 Å². The summed E-state index contributed by atoms with van der Waals surface area (Å²) in [6, 6.07) is 0. The fraction of sp³-hybridized carbons (Fsp3) is 0.750. The van der Waals surface area contributed by atoms with Gasteiger partial charge in [-0.15, -0.1) is 0 Å². The Hall–Kier alpha value is -0.940. The zero-order chi connectivity index (χ0) is 9.68. The number of likely N-dealkylation sites (N-methyl/N-ethyl adjacent to an activating group) is 1. The molecule has 1 heterocycles. The number of nitrogens with zero attached hydrogens (tertiary/aromatic N) is 4. The molecule has 1 aromatic heterocycles. The van der Waals surface area contributed by atoms with Gasteiger partial charge in [0, 0.05) is 20.1 Å². The molecule has 0 aliphatic heterocycles. The van der Waals surface area contributed by atoms with Crippen molar-refractivity contribution in [3.05, 3.63) is 12.2 Å². The molecule has 0 atom stereocenters. The summed E-state index contributed by atoms with van der Waals surface area (Å²) in [5.74, 6) is 0.982. The highest BCUT2D eigenvalue weighted by Crippen LogP contribution is 1.97. The maximum atomic E-state index is 5.49. The highest BCUT2D eigenvalue weighted by Gasteiger charge is 2.06. The van der Waals surface area contributed by atoms with E-state index in [4.69, 9.17) is 5.73 Å². The maximum absolute atomic E-state index is 5.49. The molecule has 74 valence electrons. The predicted octanol–water partition coefficient (Wildman–Crippen LogP) is -0.404. The van der Waals surface area contributed by atoms with E-state index in [1.165, 1.54) is 0 Å². The van der Waals surface area contributed by atoms with Crippen molar-refractivity contribution in [1.82, 2.24) is 19.7 Å². The third kappa shape index (κ3) is 2.78. The van der Waals surface area contributed by atoms with Crippen LogP contribution in [0.3, 0.4) is 0 Å². The Morgan fingerprint density at radius 3 is 2.85 bits per heavy atom. The standard InChI is InChI=1S/C8H17N5/c1-3-13(5-4-9)6-8-10-7-11-12(8)2/h7H,3-6,9H2,1-2H3. The molecule has 1 rings (SSSR count). The summed E-state index contributed by atoms with van der Waals surface area (Å²) in [7, 11) is 1.90. The minimum Gasteiger partial charge on any atom is -0.329 e. The van der Waals surface area contributed by atoms with Crippen LogP contribution >= 0.6 is 0 Å². The van der Waals surface area contributed by atoms with Crippen molar-refractivity contribution in [1.29, 1.82) is 0 Å². The van der Waals surface area contributed by atoms with Gasteiger partial charge in [0.1, 0.15) is 12.2 Å². The van der Waals surface area contributed by atoms with Crippen LogP contribution < -0.4 is 5.73 Å². The Balaban J connectivity index is 2.51. The molecule has 0 aromatic carbocycles. The summed E-state index contributed by atoms with van der Waals surface area (Å²) in [5, 5.41) is 4.01. The lowest BCUT2D eigenvalue weighted by Crippen LogP contribution is -2.29. The average molecular weight is 183 g/mol. The molecule has 1 aromatic rings. The summed E-state index contributed by atoms with van der Waals surface area (Å²) in [6.07, 6.45) is 1.58. The molecule has 13 heavy (non-hydrogen) atoms. The lowest BCUT2D eigenvalue weighted by Gasteiger charge is -2.18. The molecular formula is C8H17N5. The normalized spacial score (nSPS) is 11.1. The number of rotatable bonds is 5. The predicted molar refractivity (Wildman–Crippen MR) is 51.0 cm³/mol. The van der Waals surface area contributed by atoms with Crippen LogP contribution in [-0.2, 0) is 13.6 Å². The quantitative estimate of drug-likeness (QED) is 0.674. The first-order chi connectivity index (χ1) is 6.27. The molecule has 0 aliphatic rings. The Bertz CT molecular complexity index is 244. The summed E-state index contributed by atoms with van der Waals surface area (Å²) in [4.78, 5) is 6.40. The van der Waals surface area contributed by atoms with Crippen LogP contribution in [0.5, 0.6) is 0 Å². The van der Waals surface area contributed by atoms with E-state index < -0.39 is 0 Å². The molecule has 0 aliphatic carbocycles. The zero-order valence-corrected chi connectivity index (χ0v) is 8.27. The maximum Gasteiger partial charge on any atom is 0.140 e. The van der Waals surface area contributed by atoms with Gasteiger partial charge in [-0.3, -0.25) is 9.58 Å². The van der Waals surface area contributed by atoms with Crippen LogP contribution in [0.25, 0.3) is 0 Å². The van der Waals surface area contributed by atoms with E-state index in [9.17, 15) is 0 Å². The lowest BCUT2D eigenvalue weighted by atomic mass is 10.4. The molecule has 5 heteroatoms. The van der Waals surface area contributed by atoms with E-state index in [0.717, 1.165) is 25.5 Å². The SMILES string of the molecule is CCN(CCN)Cc1ncnn1C. The van der Waals surface area contributed by atoms with Gasteiger partial charge in [0.05, 0.1) is 6.54 Å². The molecule has 0 saturated carbocycles. The van der Waals surface area contributed by atoms with Crippen molar-refractivity contribution in [2.45, 2.75) is 13.5 Å². The van der Waals surface area contributed by atoms with E-state index >= 15 is 0 Å². The molecule has 2 N–H and O–H groups in total. The summed E-state index contributed by atoms with van der Waals surface area (Å²) in [6.45, 7) is 5.52. The Morgan fingerprint density at radius 1 is 1.62 bits per heavy atom. The third-order valence-corrected chi connectivity index (χ3v) is 2.06. The van der Waals surface area contributed by atoms with E-state index in [1.54, 1.807) is 11.0 Å². The van der Waals surface area contributed by atoms with E-state index in [-0.39, 0.29) is 0 Å². The highest BCUT2D eigenvalue weighted by atomic mass is 15.3. The number of aryl methyl sites for hydroxylation is 1. The molecular weight excluding hydrogens is 166 g/mol. The van der Waals surface area contributed by atoms with Gasteiger partial charge < -0.3 is 5.73 Å². The van der Waals surface area contributed by atoms with E-state index in [0.29, 0.717) is 6.54 Å². The number of nitrogens with two attached hydrogens (primary N) is 1.